The largest absolute Gasteiger partial charge is 0.389 e. The molecular weight excluding hydrogens is 327 g/mol. The Morgan fingerprint density at radius 1 is 1.21 bits per heavy atom. The maximum atomic E-state index is 12.8. The Morgan fingerprint density at radius 3 is 2.53 bits per heavy atom. The molecule has 2 aromatic rings. The van der Waals surface area contributed by atoms with Gasteiger partial charge in [-0.15, -0.1) is 0 Å². The highest BCUT2D eigenvalue weighted by Crippen LogP contribution is 2.21. The second-order valence-corrected chi connectivity index (χ2v) is 5.39. The Hall–Kier alpha value is -1.46. The van der Waals surface area contributed by atoms with Crippen molar-refractivity contribution in [2.75, 3.05) is 5.32 Å². The monoisotopic (exact) mass is 338 g/mol. The first kappa shape index (κ1) is 14.0. The summed E-state index contributed by atoms with van der Waals surface area (Å²) in [5.74, 6) is -0.240. The van der Waals surface area contributed by atoms with E-state index in [0.717, 1.165) is 21.3 Å². The molecule has 0 aliphatic heterocycles. The van der Waals surface area contributed by atoms with E-state index in [9.17, 15) is 4.39 Å². The second-order valence-electron chi connectivity index (χ2n) is 4.03. The Kier molecular flexibility index (Phi) is 4.50. The topological polar surface area (TPSA) is 38.0 Å². The van der Waals surface area contributed by atoms with E-state index >= 15 is 0 Å². The summed E-state index contributed by atoms with van der Waals surface area (Å²) in [6.45, 7) is 0.581. The van der Waals surface area contributed by atoms with E-state index in [4.69, 9.17) is 18.0 Å². The Bertz CT molecular complexity index is 599. The van der Waals surface area contributed by atoms with Gasteiger partial charge >= 0.3 is 0 Å². The zero-order chi connectivity index (χ0) is 13.8. The molecular formula is C14H12BrFN2S. The van der Waals surface area contributed by atoms with Gasteiger partial charge in [0.05, 0.1) is 0 Å². The standard InChI is InChI=1S/C14H12BrFN2S/c15-10-3-6-13(12(7-10)14(17)19)18-8-9-1-4-11(16)5-2-9/h1-7,18H,8H2,(H2,17,19). The Balaban J connectivity index is 2.15. The smallest absolute Gasteiger partial charge is 0.123 e. The molecule has 0 saturated carbocycles. The number of rotatable bonds is 4. The van der Waals surface area contributed by atoms with Crippen molar-refractivity contribution < 1.29 is 4.39 Å². The number of halogens is 2. The van der Waals surface area contributed by atoms with Crippen molar-refractivity contribution >= 4 is 38.8 Å². The Morgan fingerprint density at radius 2 is 1.89 bits per heavy atom. The minimum Gasteiger partial charge on any atom is -0.389 e. The van der Waals surface area contributed by atoms with Crippen molar-refractivity contribution in [1.82, 2.24) is 0 Å². The molecule has 0 aromatic heterocycles. The maximum Gasteiger partial charge on any atom is 0.123 e. The number of hydrogen-bond donors (Lipinski definition) is 2. The summed E-state index contributed by atoms with van der Waals surface area (Å²) in [5.41, 5.74) is 8.32. The third kappa shape index (κ3) is 3.75. The first-order chi connectivity index (χ1) is 9.06. The molecule has 0 radical (unpaired) electrons. The lowest BCUT2D eigenvalue weighted by molar-refractivity contribution is 0.627. The van der Waals surface area contributed by atoms with Crippen LogP contribution in [-0.4, -0.2) is 4.99 Å². The fourth-order valence-electron chi connectivity index (χ4n) is 1.67. The van der Waals surface area contributed by atoms with E-state index in [2.05, 4.69) is 21.2 Å². The number of benzene rings is 2. The van der Waals surface area contributed by atoms with Crippen molar-refractivity contribution in [1.29, 1.82) is 0 Å². The second kappa shape index (κ2) is 6.12. The fourth-order valence-corrected chi connectivity index (χ4v) is 2.20. The third-order valence-corrected chi connectivity index (χ3v) is 3.36. The minimum absolute atomic E-state index is 0.240. The highest BCUT2D eigenvalue weighted by molar-refractivity contribution is 9.10. The molecule has 3 N–H and O–H groups in total. The lowest BCUT2D eigenvalue weighted by Crippen LogP contribution is -2.13. The maximum absolute atomic E-state index is 12.8. The molecule has 0 aliphatic carbocycles. The number of anilines is 1. The molecule has 0 saturated heterocycles. The molecule has 98 valence electrons. The molecule has 0 bridgehead atoms. The predicted octanol–water partition coefficient (Wildman–Crippen LogP) is 3.83. The number of nitrogens with two attached hydrogens (primary N) is 1. The average molecular weight is 339 g/mol. The number of thiocarbonyl (C=S) groups is 1. The molecule has 0 aliphatic rings. The van der Waals surface area contributed by atoms with Gasteiger partial charge in [0, 0.05) is 22.3 Å². The highest BCUT2D eigenvalue weighted by Gasteiger charge is 2.05. The summed E-state index contributed by atoms with van der Waals surface area (Å²) in [4.78, 5) is 0.336. The quantitative estimate of drug-likeness (QED) is 0.832. The SMILES string of the molecule is NC(=S)c1cc(Br)ccc1NCc1ccc(F)cc1. The van der Waals surface area contributed by atoms with Gasteiger partial charge in [0.1, 0.15) is 10.8 Å². The van der Waals surface area contributed by atoms with E-state index in [1.165, 1.54) is 12.1 Å². The molecule has 19 heavy (non-hydrogen) atoms. The van der Waals surface area contributed by atoms with Crippen molar-refractivity contribution in [2.45, 2.75) is 6.54 Å². The van der Waals surface area contributed by atoms with Gasteiger partial charge < -0.3 is 11.1 Å². The first-order valence-electron chi connectivity index (χ1n) is 5.64. The van der Waals surface area contributed by atoms with Crippen LogP contribution in [0.25, 0.3) is 0 Å². The number of nitrogens with one attached hydrogen (secondary N) is 1. The molecule has 5 heteroatoms. The van der Waals surface area contributed by atoms with Crippen LogP contribution in [0.4, 0.5) is 10.1 Å². The molecule has 0 heterocycles. The third-order valence-electron chi connectivity index (χ3n) is 2.64. The molecule has 0 amide bonds. The number of hydrogen-bond acceptors (Lipinski definition) is 2. The van der Waals surface area contributed by atoms with E-state index in [1.807, 2.05) is 18.2 Å². The molecule has 2 aromatic carbocycles. The summed E-state index contributed by atoms with van der Waals surface area (Å²) in [5, 5.41) is 3.25. The van der Waals surface area contributed by atoms with Gasteiger partial charge in [-0.25, -0.2) is 4.39 Å². The van der Waals surface area contributed by atoms with Gasteiger partial charge in [-0.05, 0) is 35.9 Å². The first-order valence-corrected chi connectivity index (χ1v) is 6.84. The van der Waals surface area contributed by atoms with Crippen LogP contribution in [0.2, 0.25) is 0 Å². The van der Waals surface area contributed by atoms with E-state index < -0.39 is 0 Å². The van der Waals surface area contributed by atoms with Gasteiger partial charge in [-0.3, -0.25) is 0 Å². The molecule has 0 unspecified atom stereocenters. The molecule has 0 atom stereocenters. The van der Waals surface area contributed by atoms with E-state index in [0.29, 0.717) is 11.5 Å². The van der Waals surface area contributed by atoms with Crippen molar-refractivity contribution in [3.63, 3.8) is 0 Å². The molecule has 0 spiro atoms. The van der Waals surface area contributed by atoms with Crippen LogP contribution in [0.5, 0.6) is 0 Å². The molecule has 0 fully saturated rings. The zero-order valence-corrected chi connectivity index (χ0v) is 12.4. The van der Waals surface area contributed by atoms with Crippen LogP contribution >= 0.6 is 28.1 Å². The highest BCUT2D eigenvalue weighted by atomic mass is 79.9. The molecule has 2 rings (SSSR count). The van der Waals surface area contributed by atoms with Crippen LogP contribution in [0, 0.1) is 5.82 Å². The Labute approximate surface area is 124 Å². The fraction of sp³-hybridized carbons (Fsp3) is 0.0714. The van der Waals surface area contributed by atoms with Gasteiger partial charge in [-0.1, -0.05) is 40.3 Å². The van der Waals surface area contributed by atoms with Crippen LogP contribution < -0.4 is 11.1 Å². The zero-order valence-electron chi connectivity index (χ0n) is 9.99. The van der Waals surface area contributed by atoms with E-state index in [1.54, 1.807) is 12.1 Å². The lowest BCUT2D eigenvalue weighted by atomic mass is 10.1. The predicted molar refractivity (Wildman–Crippen MR) is 83.8 cm³/mol. The van der Waals surface area contributed by atoms with Crippen LogP contribution in [-0.2, 0) is 6.54 Å². The van der Waals surface area contributed by atoms with Crippen LogP contribution in [0.3, 0.4) is 0 Å². The van der Waals surface area contributed by atoms with Crippen LogP contribution in [0.15, 0.2) is 46.9 Å². The van der Waals surface area contributed by atoms with Gasteiger partial charge in [0.25, 0.3) is 0 Å². The summed E-state index contributed by atoms with van der Waals surface area (Å²) in [6, 6.07) is 12.0. The summed E-state index contributed by atoms with van der Waals surface area (Å²) in [6.07, 6.45) is 0. The van der Waals surface area contributed by atoms with Crippen LogP contribution in [0.1, 0.15) is 11.1 Å². The van der Waals surface area contributed by atoms with Crippen molar-refractivity contribution in [3.8, 4) is 0 Å². The lowest BCUT2D eigenvalue weighted by Gasteiger charge is -2.11. The minimum atomic E-state index is -0.240. The average Bonchev–Trinajstić information content (AvgIpc) is 2.39. The van der Waals surface area contributed by atoms with Gasteiger partial charge in [0.15, 0.2) is 0 Å². The summed E-state index contributed by atoms with van der Waals surface area (Å²) in [7, 11) is 0. The summed E-state index contributed by atoms with van der Waals surface area (Å²) < 4.78 is 13.7. The molecule has 2 nitrogen and oxygen atoms in total. The summed E-state index contributed by atoms with van der Waals surface area (Å²) >= 11 is 8.41. The van der Waals surface area contributed by atoms with Crippen molar-refractivity contribution in [3.05, 3.63) is 63.9 Å². The van der Waals surface area contributed by atoms with Gasteiger partial charge in [-0.2, -0.15) is 0 Å². The normalized spacial score (nSPS) is 10.2. The van der Waals surface area contributed by atoms with Gasteiger partial charge in [0.2, 0.25) is 0 Å². The van der Waals surface area contributed by atoms with Crippen molar-refractivity contribution in [2.24, 2.45) is 5.73 Å². The van der Waals surface area contributed by atoms with E-state index in [-0.39, 0.29) is 5.82 Å².